The van der Waals surface area contributed by atoms with Gasteiger partial charge in [0.25, 0.3) is 0 Å². The first-order valence-corrected chi connectivity index (χ1v) is 6.33. The second-order valence-corrected chi connectivity index (χ2v) is 5.17. The molecule has 96 valence electrons. The highest BCUT2D eigenvalue weighted by atomic mass is 15.2. The molecule has 3 nitrogen and oxygen atoms in total. The van der Waals surface area contributed by atoms with E-state index in [1.165, 1.54) is 11.1 Å². The van der Waals surface area contributed by atoms with Crippen LogP contribution >= 0.6 is 0 Å². The molecule has 0 saturated heterocycles. The molecule has 2 aromatic rings. The fourth-order valence-electron chi connectivity index (χ4n) is 2.40. The van der Waals surface area contributed by atoms with Gasteiger partial charge in [-0.25, -0.2) is 4.98 Å². The fraction of sp³-hybridized carbons (Fsp3) is 0.400. The van der Waals surface area contributed by atoms with Gasteiger partial charge in [0.15, 0.2) is 0 Å². The number of nitrogens with zero attached hydrogens (tertiary/aromatic N) is 2. The van der Waals surface area contributed by atoms with E-state index in [-0.39, 0.29) is 0 Å². The summed E-state index contributed by atoms with van der Waals surface area (Å²) in [5.41, 5.74) is 10.7. The maximum atomic E-state index is 6.26. The van der Waals surface area contributed by atoms with Gasteiger partial charge >= 0.3 is 0 Å². The zero-order valence-corrected chi connectivity index (χ0v) is 11.8. The third-order valence-electron chi connectivity index (χ3n) is 3.29. The third-order valence-corrected chi connectivity index (χ3v) is 3.29. The molecule has 0 spiro atoms. The first kappa shape index (κ1) is 12.7. The van der Waals surface area contributed by atoms with E-state index in [4.69, 9.17) is 5.73 Å². The Bertz CT molecular complexity index is 580. The predicted molar refractivity (Wildman–Crippen MR) is 76.7 cm³/mol. The van der Waals surface area contributed by atoms with Gasteiger partial charge in [0.1, 0.15) is 17.3 Å². The maximum absolute atomic E-state index is 6.26. The standard InChI is InChI=1S/C15H21N3/c1-9(2)18-12(5)17-14(15(18)16)13-8-10(3)6-7-11(13)4/h6-9H,16H2,1-5H3. The quantitative estimate of drug-likeness (QED) is 0.875. The van der Waals surface area contributed by atoms with Crippen LogP contribution in [0.1, 0.15) is 36.8 Å². The van der Waals surface area contributed by atoms with Crippen LogP contribution in [0, 0.1) is 20.8 Å². The molecule has 1 aromatic heterocycles. The first-order chi connectivity index (χ1) is 8.41. The van der Waals surface area contributed by atoms with Crippen LogP contribution in [0.15, 0.2) is 18.2 Å². The summed E-state index contributed by atoms with van der Waals surface area (Å²) >= 11 is 0. The van der Waals surface area contributed by atoms with Gasteiger partial charge < -0.3 is 10.3 Å². The molecule has 0 saturated carbocycles. The summed E-state index contributed by atoms with van der Waals surface area (Å²) in [6.45, 7) is 10.4. The van der Waals surface area contributed by atoms with E-state index in [0.29, 0.717) is 6.04 Å². The van der Waals surface area contributed by atoms with Crippen LogP contribution in [-0.4, -0.2) is 9.55 Å². The van der Waals surface area contributed by atoms with E-state index in [9.17, 15) is 0 Å². The van der Waals surface area contributed by atoms with E-state index in [0.717, 1.165) is 22.9 Å². The largest absolute Gasteiger partial charge is 0.383 e. The topological polar surface area (TPSA) is 43.8 Å². The Morgan fingerprint density at radius 3 is 2.39 bits per heavy atom. The van der Waals surface area contributed by atoms with Crippen LogP contribution in [-0.2, 0) is 0 Å². The van der Waals surface area contributed by atoms with E-state index in [1.807, 2.05) is 6.92 Å². The molecule has 0 radical (unpaired) electrons. The van der Waals surface area contributed by atoms with Crippen molar-refractivity contribution < 1.29 is 0 Å². The average Bonchev–Trinajstić information content (AvgIpc) is 2.57. The molecular weight excluding hydrogens is 222 g/mol. The molecule has 0 bridgehead atoms. The van der Waals surface area contributed by atoms with E-state index in [1.54, 1.807) is 0 Å². The molecule has 1 heterocycles. The molecule has 0 aliphatic heterocycles. The summed E-state index contributed by atoms with van der Waals surface area (Å²) in [6.07, 6.45) is 0. The molecule has 0 amide bonds. The lowest BCUT2D eigenvalue weighted by atomic mass is 10.0. The van der Waals surface area contributed by atoms with Crippen molar-refractivity contribution in [3.8, 4) is 11.3 Å². The van der Waals surface area contributed by atoms with Crippen LogP contribution in [0.3, 0.4) is 0 Å². The van der Waals surface area contributed by atoms with Crippen molar-refractivity contribution in [2.75, 3.05) is 5.73 Å². The van der Waals surface area contributed by atoms with Crippen LogP contribution in [0.4, 0.5) is 5.82 Å². The van der Waals surface area contributed by atoms with Crippen molar-refractivity contribution in [2.24, 2.45) is 0 Å². The van der Waals surface area contributed by atoms with E-state index < -0.39 is 0 Å². The second-order valence-electron chi connectivity index (χ2n) is 5.17. The molecule has 0 aliphatic carbocycles. The Morgan fingerprint density at radius 2 is 1.83 bits per heavy atom. The summed E-state index contributed by atoms with van der Waals surface area (Å²) in [5.74, 6) is 1.73. The van der Waals surface area contributed by atoms with Crippen LogP contribution < -0.4 is 5.73 Å². The number of benzene rings is 1. The highest BCUT2D eigenvalue weighted by Crippen LogP contribution is 2.31. The van der Waals surface area contributed by atoms with Crippen molar-refractivity contribution in [1.29, 1.82) is 0 Å². The normalized spacial score (nSPS) is 11.2. The first-order valence-electron chi connectivity index (χ1n) is 6.33. The lowest BCUT2D eigenvalue weighted by Crippen LogP contribution is -2.07. The minimum atomic E-state index is 0.330. The van der Waals surface area contributed by atoms with Gasteiger partial charge in [-0.15, -0.1) is 0 Å². The van der Waals surface area contributed by atoms with Gasteiger partial charge in [0.05, 0.1) is 0 Å². The monoisotopic (exact) mass is 243 g/mol. The van der Waals surface area contributed by atoms with Gasteiger partial charge in [-0.05, 0) is 46.2 Å². The zero-order valence-electron chi connectivity index (χ0n) is 11.8. The molecular formula is C15H21N3. The number of aryl methyl sites for hydroxylation is 3. The van der Waals surface area contributed by atoms with Crippen LogP contribution in [0.25, 0.3) is 11.3 Å². The van der Waals surface area contributed by atoms with Crippen molar-refractivity contribution in [2.45, 2.75) is 40.7 Å². The number of nitrogens with two attached hydrogens (primary N) is 1. The number of hydrogen-bond donors (Lipinski definition) is 1. The van der Waals surface area contributed by atoms with Crippen LogP contribution in [0.2, 0.25) is 0 Å². The molecule has 18 heavy (non-hydrogen) atoms. The number of imidazole rings is 1. The second kappa shape index (κ2) is 4.48. The molecule has 0 unspecified atom stereocenters. The minimum Gasteiger partial charge on any atom is -0.383 e. The minimum absolute atomic E-state index is 0.330. The molecule has 0 fully saturated rings. The van der Waals surface area contributed by atoms with Gasteiger partial charge in [-0.1, -0.05) is 17.7 Å². The van der Waals surface area contributed by atoms with Gasteiger partial charge in [0.2, 0.25) is 0 Å². The van der Waals surface area contributed by atoms with E-state index >= 15 is 0 Å². The number of rotatable bonds is 2. The third kappa shape index (κ3) is 2.01. The summed E-state index contributed by atoms with van der Waals surface area (Å²) < 4.78 is 2.08. The highest BCUT2D eigenvalue weighted by Gasteiger charge is 2.16. The zero-order chi connectivity index (χ0) is 13.4. The summed E-state index contributed by atoms with van der Waals surface area (Å²) in [6, 6.07) is 6.71. The molecule has 3 heteroatoms. The van der Waals surface area contributed by atoms with Crippen molar-refractivity contribution in [3.05, 3.63) is 35.2 Å². The molecule has 0 aliphatic rings. The average molecular weight is 243 g/mol. The van der Waals surface area contributed by atoms with Gasteiger partial charge in [0, 0.05) is 11.6 Å². The SMILES string of the molecule is Cc1ccc(C)c(-c2nc(C)n(C(C)C)c2N)c1. The number of nitrogen functional groups attached to an aromatic ring is 1. The Balaban J connectivity index is 2.65. The number of anilines is 1. The highest BCUT2D eigenvalue weighted by molar-refractivity contribution is 5.74. The van der Waals surface area contributed by atoms with Gasteiger partial charge in [-0.2, -0.15) is 0 Å². The van der Waals surface area contributed by atoms with Crippen molar-refractivity contribution in [3.63, 3.8) is 0 Å². The van der Waals surface area contributed by atoms with Crippen molar-refractivity contribution in [1.82, 2.24) is 9.55 Å². The Kier molecular flexibility index (Phi) is 3.16. The number of aromatic nitrogens is 2. The Morgan fingerprint density at radius 1 is 1.17 bits per heavy atom. The molecule has 0 atom stereocenters. The smallest absolute Gasteiger partial charge is 0.131 e. The maximum Gasteiger partial charge on any atom is 0.131 e. The number of hydrogen-bond acceptors (Lipinski definition) is 2. The fourth-order valence-corrected chi connectivity index (χ4v) is 2.40. The summed E-state index contributed by atoms with van der Waals surface area (Å²) in [5, 5.41) is 0. The van der Waals surface area contributed by atoms with Crippen molar-refractivity contribution >= 4 is 5.82 Å². The Labute approximate surface area is 109 Å². The Hall–Kier alpha value is -1.77. The molecule has 1 aromatic carbocycles. The predicted octanol–water partition coefficient (Wildman–Crippen LogP) is 3.64. The molecule has 2 N–H and O–H groups in total. The summed E-state index contributed by atoms with van der Waals surface area (Å²) in [4.78, 5) is 4.64. The lowest BCUT2D eigenvalue weighted by Gasteiger charge is -2.12. The lowest BCUT2D eigenvalue weighted by molar-refractivity contribution is 0.590. The van der Waals surface area contributed by atoms with E-state index in [2.05, 4.69) is 55.4 Å². The van der Waals surface area contributed by atoms with Gasteiger partial charge in [-0.3, -0.25) is 0 Å². The van der Waals surface area contributed by atoms with Crippen LogP contribution in [0.5, 0.6) is 0 Å². The molecule has 2 rings (SSSR count). The summed E-state index contributed by atoms with van der Waals surface area (Å²) in [7, 11) is 0.